The van der Waals surface area contributed by atoms with Crippen molar-refractivity contribution < 1.29 is 4.79 Å². The third-order valence-corrected chi connectivity index (χ3v) is 3.39. The molecular formula is C11H11Cl5N2O. The molecule has 3 nitrogen and oxygen atoms in total. The SMILES string of the molecule is CCC(=O)NC(Nc1ccc(Cl)cc1Cl)C(Cl)(Cl)Cl. The second-order valence-corrected chi connectivity index (χ2v) is 6.88. The van der Waals surface area contributed by atoms with Gasteiger partial charge in [-0.15, -0.1) is 0 Å². The fourth-order valence-electron chi connectivity index (χ4n) is 1.22. The fraction of sp³-hybridized carbons (Fsp3) is 0.364. The zero-order valence-electron chi connectivity index (χ0n) is 9.81. The molecule has 2 N–H and O–H groups in total. The number of hydrogen-bond donors (Lipinski definition) is 2. The second kappa shape index (κ2) is 7.09. The number of hydrogen-bond acceptors (Lipinski definition) is 2. The van der Waals surface area contributed by atoms with Gasteiger partial charge in [-0.25, -0.2) is 0 Å². The molecule has 0 heterocycles. The van der Waals surface area contributed by atoms with Gasteiger partial charge in [0.2, 0.25) is 9.70 Å². The van der Waals surface area contributed by atoms with Crippen LogP contribution in [0, 0.1) is 0 Å². The Morgan fingerprint density at radius 1 is 1.32 bits per heavy atom. The third-order valence-electron chi connectivity index (χ3n) is 2.18. The lowest BCUT2D eigenvalue weighted by atomic mass is 10.3. The van der Waals surface area contributed by atoms with Crippen molar-refractivity contribution in [2.45, 2.75) is 23.3 Å². The average Bonchev–Trinajstić information content (AvgIpc) is 2.29. The highest BCUT2D eigenvalue weighted by atomic mass is 35.6. The Morgan fingerprint density at radius 2 is 1.95 bits per heavy atom. The van der Waals surface area contributed by atoms with Crippen LogP contribution in [0.4, 0.5) is 5.69 Å². The van der Waals surface area contributed by atoms with Crippen LogP contribution in [0.3, 0.4) is 0 Å². The van der Waals surface area contributed by atoms with Gasteiger partial charge >= 0.3 is 0 Å². The zero-order valence-corrected chi connectivity index (χ0v) is 13.6. The Morgan fingerprint density at radius 3 is 2.42 bits per heavy atom. The van der Waals surface area contributed by atoms with Gasteiger partial charge in [0, 0.05) is 11.4 Å². The molecule has 1 amide bonds. The predicted octanol–water partition coefficient (Wildman–Crippen LogP) is 4.63. The van der Waals surface area contributed by atoms with Gasteiger partial charge in [-0.05, 0) is 18.2 Å². The van der Waals surface area contributed by atoms with E-state index in [9.17, 15) is 4.79 Å². The lowest BCUT2D eigenvalue weighted by Gasteiger charge is -2.27. The highest BCUT2D eigenvalue weighted by Crippen LogP contribution is 2.33. The summed E-state index contributed by atoms with van der Waals surface area (Å²) in [7, 11) is 0. The molecule has 0 saturated carbocycles. The normalized spacial score (nSPS) is 12.9. The molecule has 106 valence electrons. The van der Waals surface area contributed by atoms with Crippen LogP contribution in [0.5, 0.6) is 0 Å². The maximum Gasteiger partial charge on any atom is 0.228 e. The maximum absolute atomic E-state index is 11.4. The van der Waals surface area contributed by atoms with Gasteiger partial charge in [-0.2, -0.15) is 0 Å². The molecular weight excluding hydrogens is 353 g/mol. The van der Waals surface area contributed by atoms with Gasteiger partial charge in [-0.3, -0.25) is 4.79 Å². The summed E-state index contributed by atoms with van der Waals surface area (Å²) < 4.78 is -1.73. The summed E-state index contributed by atoms with van der Waals surface area (Å²) >= 11 is 29.2. The molecule has 0 aliphatic rings. The summed E-state index contributed by atoms with van der Waals surface area (Å²) in [5.41, 5.74) is 0.499. The highest BCUT2D eigenvalue weighted by molar-refractivity contribution is 6.68. The van der Waals surface area contributed by atoms with Crippen LogP contribution in [0.25, 0.3) is 0 Å². The first-order chi connectivity index (χ1) is 8.74. The molecule has 19 heavy (non-hydrogen) atoms. The maximum atomic E-state index is 11.4. The van der Waals surface area contributed by atoms with Crippen molar-refractivity contribution in [2.75, 3.05) is 5.32 Å². The van der Waals surface area contributed by atoms with Crippen molar-refractivity contribution in [2.24, 2.45) is 0 Å². The van der Waals surface area contributed by atoms with E-state index in [0.29, 0.717) is 15.7 Å². The van der Waals surface area contributed by atoms with Gasteiger partial charge in [0.25, 0.3) is 0 Å². The number of alkyl halides is 3. The van der Waals surface area contributed by atoms with Gasteiger partial charge in [-0.1, -0.05) is 64.9 Å². The molecule has 0 saturated heterocycles. The first kappa shape index (κ1) is 17.0. The number of carbonyl (C=O) groups excluding carboxylic acids is 1. The topological polar surface area (TPSA) is 41.1 Å². The van der Waals surface area contributed by atoms with Gasteiger partial charge in [0.15, 0.2) is 0 Å². The summed E-state index contributed by atoms with van der Waals surface area (Å²) in [5.74, 6) is -0.256. The van der Waals surface area contributed by atoms with Gasteiger partial charge in [0.1, 0.15) is 6.17 Å². The predicted molar refractivity (Wildman–Crippen MR) is 82.6 cm³/mol. The van der Waals surface area contributed by atoms with E-state index < -0.39 is 9.96 Å². The standard InChI is InChI=1S/C11H11Cl5N2O/c1-2-9(19)18-10(11(14,15)16)17-8-4-3-6(12)5-7(8)13/h3-5,10,17H,2H2,1H3,(H,18,19). The summed E-state index contributed by atoms with van der Waals surface area (Å²) in [6.45, 7) is 1.69. The van der Waals surface area contributed by atoms with E-state index in [1.807, 2.05) is 0 Å². The Bertz CT molecular complexity index is 461. The van der Waals surface area contributed by atoms with E-state index in [1.54, 1.807) is 25.1 Å². The minimum absolute atomic E-state index is 0.256. The second-order valence-electron chi connectivity index (χ2n) is 3.66. The molecule has 1 aromatic rings. The average molecular weight is 364 g/mol. The monoisotopic (exact) mass is 362 g/mol. The van der Waals surface area contributed by atoms with Crippen LogP contribution in [0.1, 0.15) is 13.3 Å². The van der Waals surface area contributed by atoms with E-state index in [4.69, 9.17) is 58.0 Å². The molecule has 1 aromatic carbocycles. The minimum Gasteiger partial charge on any atom is -0.361 e. The number of rotatable bonds is 4. The molecule has 1 unspecified atom stereocenters. The molecule has 1 atom stereocenters. The Labute approximate surface area is 136 Å². The molecule has 0 aliphatic carbocycles. The molecule has 8 heteroatoms. The molecule has 0 bridgehead atoms. The van der Waals surface area contributed by atoms with Crippen LogP contribution in [0.15, 0.2) is 18.2 Å². The molecule has 0 radical (unpaired) electrons. The van der Waals surface area contributed by atoms with Crippen LogP contribution < -0.4 is 10.6 Å². The van der Waals surface area contributed by atoms with Crippen LogP contribution in [-0.2, 0) is 4.79 Å². The van der Waals surface area contributed by atoms with E-state index in [0.717, 1.165) is 0 Å². The number of anilines is 1. The Kier molecular flexibility index (Phi) is 6.34. The smallest absolute Gasteiger partial charge is 0.228 e. The van der Waals surface area contributed by atoms with Crippen LogP contribution >= 0.6 is 58.0 Å². The van der Waals surface area contributed by atoms with E-state index >= 15 is 0 Å². The zero-order chi connectivity index (χ0) is 14.6. The molecule has 0 aliphatic heterocycles. The Balaban J connectivity index is 2.91. The number of benzene rings is 1. The van der Waals surface area contributed by atoms with Crippen LogP contribution in [-0.4, -0.2) is 15.9 Å². The van der Waals surface area contributed by atoms with Crippen molar-refractivity contribution in [3.63, 3.8) is 0 Å². The van der Waals surface area contributed by atoms with E-state index in [2.05, 4.69) is 10.6 Å². The number of halogens is 5. The first-order valence-electron chi connectivity index (χ1n) is 5.31. The molecule has 0 spiro atoms. The lowest BCUT2D eigenvalue weighted by molar-refractivity contribution is -0.121. The third kappa shape index (κ3) is 5.44. The Hall–Kier alpha value is -0.0600. The molecule has 0 fully saturated rings. The fourth-order valence-corrected chi connectivity index (χ4v) is 2.02. The van der Waals surface area contributed by atoms with E-state index in [1.165, 1.54) is 0 Å². The van der Waals surface area contributed by atoms with Crippen molar-refractivity contribution in [1.82, 2.24) is 5.32 Å². The van der Waals surface area contributed by atoms with E-state index in [-0.39, 0.29) is 12.3 Å². The first-order valence-corrected chi connectivity index (χ1v) is 7.20. The number of nitrogens with one attached hydrogen (secondary N) is 2. The van der Waals surface area contributed by atoms with Crippen molar-refractivity contribution in [3.8, 4) is 0 Å². The van der Waals surface area contributed by atoms with Crippen LogP contribution in [0.2, 0.25) is 10.0 Å². The van der Waals surface area contributed by atoms with Crippen molar-refractivity contribution >= 4 is 69.6 Å². The molecule has 1 rings (SSSR count). The summed E-state index contributed by atoms with van der Waals surface area (Å²) in [5, 5.41) is 6.26. The largest absolute Gasteiger partial charge is 0.361 e. The summed E-state index contributed by atoms with van der Waals surface area (Å²) in [6, 6.07) is 4.81. The quantitative estimate of drug-likeness (QED) is 0.604. The summed E-state index contributed by atoms with van der Waals surface area (Å²) in [4.78, 5) is 11.4. The van der Waals surface area contributed by atoms with Crippen molar-refractivity contribution in [1.29, 1.82) is 0 Å². The lowest BCUT2D eigenvalue weighted by Crippen LogP contribution is -2.49. The van der Waals surface area contributed by atoms with Crippen molar-refractivity contribution in [3.05, 3.63) is 28.2 Å². The highest BCUT2D eigenvalue weighted by Gasteiger charge is 2.34. The number of amides is 1. The van der Waals surface area contributed by atoms with Gasteiger partial charge < -0.3 is 10.6 Å². The molecule has 0 aromatic heterocycles. The number of carbonyl (C=O) groups is 1. The minimum atomic E-state index is -1.73. The summed E-state index contributed by atoms with van der Waals surface area (Å²) in [6.07, 6.45) is -0.642. The van der Waals surface area contributed by atoms with Gasteiger partial charge in [0.05, 0.1) is 10.7 Å².